The molecule has 5 nitrogen and oxygen atoms in total. The lowest BCUT2D eigenvalue weighted by Crippen LogP contribution is -2.30. The highest BCUT2D eigenvalue weighted by Crippen LogP contribution is 2.34. The van der Waals surface area contributed by atoms with Crippen LogP contribution < -0.4 is 10.2 Å². The summed E-state index contributed by atoms with van der Waals surface area (Å²) < 4.78 is 28.7. The van der Waals surface area contributed by atoms with E-state index in [1.54, 1.807) is 43.3 Å². The molecule has 0 aliphatic carbocycles. The van der Waals surface area contributed by atoms with Crippen LogP contribution in [0, 0.1) is 25.5 Å². The second kappa shape index (κ2) is 8.85. The van der Waals surface area contributed by atoms with Crippen LogP contribution in [0.4, 0.5) is 20.2 Å². The van der Waals surface area contributed by atoms with Crippen molar-refractivity contribution in [3.8, 4) is 11.1 Å². The average Bonchev–Trinajstić information content (AvgIpc) is 3.11. The molecule has 4 aromatic carbocycles. The van der Waals surface area contributed by atoms with E-state index in [-0.39, 0.29) is 27.9 Å². The third kappa shape index (κ3) is 3.94. The quantitative estimate of drug-likeness (QED) is 0.347. The second-order valence-electron chi connectivity index (χ2n) is 8.63. The Hall–Kier alpha value is -4.65. The number of benzene rings is 4. The van der Waals surface area contributed by atoms with Gasteiger partial charge in [-0.3, -0.25) is 14.4 Å². The highest BCUT2D eigenvalue weighted by molar-refractivity contribution is 6.35. The van der Waals surface area contributed by atoms with E-state index in [0.717, 1.165) is 22.1 Å². The van der Waals surface area contributed by atoms with Gasteiger partial charge in [-0.1, -0.05) is 42.5 Å². The molecule has 36 heavy (non-hydrogen) atoms. The van der Waals surface area contributed by atoms with Gasteiger partial charge in [-0.15, -0.1) is 0 Å². The number of hydrogen-bond acceptors (Lipinski definition) is 3. The number of aryl methyl sites for hydroxylation is 2. The Morgan fingerprint density at radius 3 is 2.25 bits per heavy atom. The van der Waals surface area contributed by atoms with E-state index >= 15 is 0 Å². The molecule has 0 saturated heterocycles. The fraction of sp³-hybridized carbons (Fsp3) is 0.0690. The van der Waals surface area contributed by atoms with Gasteiger partial charge in [-0.25, -0.2) is 13.7 Å². The van der Waals surface area contributed by atoms with Crippen molar-refractivity contribution in [3.63, 3.8) is 0 Å². The second-order valence-corrected chi connectivity index (χ2v) is 8.63. The van der Waals surface area contributed by atoms with Gasteiger partial charge in [-0.2, -0.15) is 0 Å². The number of amides is 3. The molecule has 0 aromatic heterocycles. The molecule has 1 heterocycles. The zero-order valence-electron chi connectivity index (χ0n) is 19.4. The first kappa shape index (κ1) is 23.1. The Morgan fingerprint density at radius 1 is 0.778 bits per heavy atom. The SMILES string of the molecule is Cc1ccc(C)c(N2C(=O)c3ccc(C(=O)Nc4c(F)cc(F)cc4-c4ccccc4)cc3C2=O)c1. The van der Waals surface area contributed by atoms with Gasteiger partial charge in [0, 0.05) is 17.2 Å². The van der Waals surface area contributed by atoms with Gasteiger partial charge in [0.15, 0.2) is 0 Å². The molecule has 0 unspecified atom stereocenters. The van der Waals surface area contributed by atoms with Gasteiger partial charge in [0.2, 0.25) is 0 Å². The third-order valence-corrected chi connectivity index (χ3v) is 6.13. The lowest BCUT2D eigenvalue weighted by Gasteiger charge is -2.17. The minimum atomic E-state index is -0.935. The smallest absolute Gasteiger partial charge is 0.266 e. The first-order valence-electron chi connectivity index (χ1n) is 11.2. The summed E-state index contributed by atoms with van der Waals surface area (Å²) in [7, 11) is 0. The lowest BCUT2D eigenvalue weighted by molar-refractivity contribution is 0.0925. The summed E-state index contributed by atoms with van der Waals surface area (Å²) >= 11 is 0. The zero-order chi connectivity index (χ0) is 25.6. The highest BCUT2D eigenvalue weighted by atomic mass is 19.1. The average molecular weight is 482 g/mol. The van der Waals surface area contributed by atoms with Crippen molar-refractivity contribution in [2.24, 2.45) is 0 Å². The first-order chi connectivity index (χ1) is 17.2. The molecule has 5 rings (SSSR count). The Morgan fingerprint density at radius 2 is 1.50 bits per heavy atom. The summed E-state index contributed by atoms with van der Waals surface area (Å²) in [5.41, 5.74) is 2.95. The monoisotopic (exact) mass is 482 g/mol. The van der Waals surface area contributed by atoms with E-state index in [2.05, 4.69) is 5.32 Å². The Labute approximate surface area is 206 Å². The van der Waals surface area contributed by atoms with Crippen LogP contribution in [-0.4, -0.2) is 17.7 Å². The molecule has 1 aliphatic rings. The van der Waals surface area contributed by atoms with Gasteiger partial charge in [-0.05, 0) is 60.9 Å². The van der Waals surface area contributed by atoms with E-state index in [1.165, 1.54) is 18.2 Å². The summed E-state index contributed by atoms with van der Waals surface area (Å²) in [5, 5.41) is 2.51. The Bertz CT molecular complexity index is 1560. The summed E-state index contributed by atoms with van der Waals surface area (Å²) in [6.45, 7) is 3.67. The topological polar surface area (TPSA) is 66.5 Å². The summed E-state index contributed by atoms with van der Waals surface area (Å²) in [6, 6.07) is 20.0. The van der Waals surface area contributed by atoms with Crippen molar-refractivity contribution in [3.05, 3.63) is 118 Å². The molecule has 0 spiro atoms. The summed E-state index contributed by atoms with van der Waals surface area (Å²) in [6.07, 6.45) is 0. The van der Waals surface area contributed by atoms with E-state index < -0.39 is 29.4 Å². The molecule has 1 N–H and O–H groups in total. The number of hydrogen-bond donors (Lipinski definition) is 1. The molecule has 0 radical (unpaired) electrons. The Kier molecular flexibility index (Phi) is 5.68. The molecule has 0 fully saturated rings. The summed E-state index contributed by atoms with van der Waals surface area (Å²) in [5.74, 6) is -3.44. The normalized spacial score (nSPS) is 12.6. The molecule has 0 saturated carbocycles. The van der Waals surface area contributed by atoms with Crippen molar-refractivity contribution in [1.82, 2.24) is 0 Å². The summed E-state index contributed by atoms with van der Waals surface area (Å²) in [4.78, 5) is 40.4. The molecule has 7 heteroatoms. The van der Waals surface area contributed by atoms with Crippen molar-refractivity contribution < 1.29 is 23.2 Å². The molecule has 0 bridgehead atoms. The van der Waals surface area contributed by atoms with Crippen molar-refractivity contribution in [2.45, 2.75) is 13.8 Å². The van der Waals surface area contributed by atoms with Crippen LogP contribution in [0.1, 0.15) is 42.2 Å². The maximum absolute atomic E-state index is 14.8. The number of imide groups is 1. The highest BCUT2D eigenvalue weighted by Gasteiger charge is 2.38. The molecule has 178 valence electrons. The fourth-order valence-electron chi connectivity index (χ4n) is 4.29. The van der Waals surface area contributed by atoms with E-state index in [1.807, 2.05) is 19.1 Å². The number of halogens is 2. The predicted molar refractivity (Wildman–Crippen MR) is 133 cm³/mol. The van der Waals surface area contributed by atoms with E-state index in [0.29, 0.717) is 17.3 Å². The number of carbonyl (C=O) groups is 3. The Balaban J connectivity index is 1.49. The van der Waals surface area contributed by atoms with Gasteiger partial charge in [0.25, 0.3) is 17.7 Å². The minimum Gasteiger partial charge on any atom is -0.319 e. The van der Waals surface area contributed by atoms with Gasteiger partial charge in [0.1, 0.15) is 11.6 Å². The maximum atomic E-state index is 14.8. The first-order valence-corrected chi connectivity index (χ1v) is 11.2. The van der Waals surface area contributed by atoms with Crippen LogP contribution in [0.25, 0.3) is 11.1 Å². The molecular weight excluding hydrogens is 462 g/mol. The molecular formula is C29H20F2N2O3. The van der Waals surface area contributed by atoms with Gasteiger partial charge < -0.3 is 5.32 Å². The maximum Gasteiger partial charge on any atom is 0.266 e. The van der Waals surface area contributed by atoms with Crippen LogP contribution in [-0.2, 0) is 0 Å². The standard InChI is InChI=1S/C29H20F2N2O3/c1-16-8-9-17(2)25(12-16)33-28(35)21-11-10-19(13-23(21)29(33)36)27(34)32-26-22(14-20(30)15-24(26)31)18-6-4-3-5-7-18/h3-15H,1-2H3,(H,32,34). The third-order valence-electron chi connectivity index (χ3n) is 6.13. The van der Waals surface area contributed by atoms with Crippen molar-refractivity contribution in [2.75, 3.05) is 10.2 Å². The number of rotatable bonds is 4. The van der Waals surface area contributed by atoms with Crippen LogP contribution in [0.5, 0.6) is 0 Å². The lowest BCUT2D eigenvalue weighted by atomic mass is 10.0. The fourth-order valence-corrected chi connectivity index (χ4v) is 4.29. The largest absolute Gasteiger partial charge is 0.319 e. The minimum absolute atomic E-state index is 0.0560. The molecule has 3 amide bonds. The molecule has 4 aromatic rings. The number of carbonyl (C=O) groups excluding carboxylic acids is 3. The number of nitrogens with one attached hydrogen (secondary N) is 1. The van der Waals surface area contributed by atoms with Gasteiger partial charge in [0.05, 0.1) is 22.5 Å². The number of nitrogens with zero attached hydrogens (tertiary/aromatic N) is 1. The van der Waals surface area contributed by atoms with Gasteiger partial charge >= 0.3 is 0 Å². The predicted octanol–water partition coefficient (Wildman–Crippen LogP) is 6.30. The van der Waals surface area contributed by atoms with Crippen LogP contribution in [0.15, 0.2) is 78.9 Å². The molecule has 0 atom stereocenters. The number of anilines is 2. The van der Waals surface area contributed by atoms with Crippen LogP contribution in [0.2, 0.25) is 0 Å². The van der Waals surface area contributed by atoms with Crippen LogP contribution >= 0.6 is 0 Å². The van der Waals surface area contributed by atoms with Crippen molar-refractivity contribution in [1.29, 1.82) is 0 Å². The van der Waals surface area contributed by atoms with E-state index in [9.17, 15) is 23.2 Å². The van der Waals surface area contributed by atoms with E-state index in [4.69, 9.17) is 0 Å². The molecule has 1 aliphatic heterocycles. The van der Waals surface area contributed by atoms with Crippen LogP contribution in [0.3, 0.4) is 0 Å². The zero-order valence-corrected chi connectivity index (χ0v) is 19.4. The van der Waals surface area contributed by atoms with Crippen molar-refractivity contribution >= 4 is 29.1 Å². The number of fused-ring (bicyclic) bond motifs is 1.